The van der Waals surface area contributed by atoms with E-state index in [2.05, 4.69) is 22.1 Å². The number of nitrogens with zero attached hydrogens (tertiary/aromatic N) is 2. The van der Waals surface area contributed by atoms with E-state index in [1.165, 1.54) is 12.8 Å². The fourth-order valence-electron chi connectivity index (χ4n) is 1.87. The van der Waals surface area contributed by atoms with Crippen molar-refractivity contribution in [2.24, 2.45) is 0 Å². The lowest BCUT2D eigenvalue weighted by molar-refractivity contribution is -0.123. The SMILES string of the molecule is CC[C@@H](C)NC(=O)CN(Cc1nccs1)C1CC1. The van der Waals surface area contributed by atoms with Gasteiger partial charge >= 0.3 is 0 Å². The predicted octanol–water partition coefficient (Wildman–Crippen LogP) is 2.02. The van der Waals surface area contributed by atoms with Gasteiger partial charge in [-0.3, -0.25) is 9.69 Å². The van der Waals surface area contributed by atoms with Crippen LogP contribution >= 0.6 is 11.3 Å². The Morgan fingerprint density at radius 1 is 1.67 bits per heavy atom. The van der Waals surface area contributed by atoms with Crippen molar-refractivity contribution >= 4 is 17.2 Å². The summed E-state index contributed by atoms with van der Waals surface area (Å²) in [5.74, 6) is 0.132. The summed E-state index contributed by atoms with van der Waals surface area (Å²) in [6, 6.07) is 0.843. The molecule has 1 atom stereocenters. The summed E-state index contributed by atoms with van der Waals surface area (Å²) in [5.41, 5.74) is 0. The molecule has 100 valence electrons. The first kappa shape index (κ1) is 13.5. The molecular formula is C13H21N3OS. The Morgan fingerprint density at radius 3 is 3.00 bits per heavy atom. The van der Waals surface area contributed by atoms with E-state index in [1.807, 2.05) is 18.5 Å². The summed E-state index contributed by atoms with van der Waals surface area (Å²) in [6.45, 7) is 5.42. The molecule has 1 aliphatic carbocycles. The molecule has 1 aliphatic rings. The van der Waals surface area contributed by atoms with Crippen LogP contribution in [0.15, 0.2) is 11.6 Å². The van der Waals surface area contributed by atoms with Gasteiger partial charge in [-0.15, -0.1) is 11.3 Å². The van der Waals surface area contributed by atoms with Crippen molar-refractivity contribution < 1.29 is 4.79 Å². The number of nitrogens with one attached hydrogen (secondary N) is 1. The minimum absolute atomic E-state index is 0.132. The number of hydrogen-bond donors (Lipinski definition) is 1. The van der Waals surface area contributed by atoms with Gasteiger partial charge in [0.1, 0.15) is 5.01 Å². The molecular weight excluding hydrogens is 246 g/mol. The Morgan fingerprint density at radius 2 is 2.44 bits per heavy atom. The van der Waals surface area contributed by atoms with Gasteiger partial charge in [0.25, 0.3) is 0 Å². The number of rotatable bonds is 7. The Kier molecular flexibility index (Phi) is 4.72. The number of amides is 1. The zero-order valence-corrected chi connectivity index (χ0v) is 11.9. The molecule has 2 rings (SSSR count). The van der Waals surface area contributed by atoms with Crippen LogP contribution in [0.5, 0.6) is 0 Å². The molecule has 1 heterocycles. The van der Waals surface area contributed by atoms with E-state index in [4.69, 9.17) is 0 Å². The normalized spacial score (nSPS) is 16.8. The Bertz CT molecular complexity index is 376. The number of carbonyl (C=O) groups is 1. The fraction of sp³-hybridized carbons (Fsp3) is 0.692. The molecule has 0 bridgehead atoms. The van der Waals surface area contributed by atoms with Gasteiger partial charge in [-0.25, -0.2) is 4.98 Å². The number of carbonyl (C=O) groups excluding carboxylic acids is 1. The van der Waals surface area contributed by atoms with Crippen LogP contribution in [0.1, 0.15) is 38.1 Å². The van der Waals surface area contributed by atoms with Gasteiger partial charge in [0.05, 0.1) is 13.1 Å². The van der Waals surface area contributed by atoms with Gasteiger partial charge in [0.2, 0.25) is 5.91 Å². The first-order valence-electron chi connectivity index (χ1n) is 6.60. The zero-order valence-electron chi connectivity index (χ0n) is 11.1. The molecule has 1 aromatic rings. The monoisotopic (exact) mass is 267 g/mol. The topological polar surface area (TPSA) is 45.2 Å². The average Bonchev–Trinajstić information content (AvgIpc) is 3.07. The van der Waals surface area contributed by atoms with Crippen molar-refractivity contribution in [3.05, 3.63) is 16.6 Å². The molecule has 1 aromatic heterocycles. The van der Waals surface area contributed by atoms with Gasteiger partial charge in [0.15, 0.2) is 0 Å². The molecule has 0 aliphatic heterocycles. The number of thiazole rings is 1. The minimum atomic E-state index is 0.132. The second-order valence-corrected chi connectivity index (χ2v) is 5.92. The summed E-state index contributed by atoms with van der Waals surface area (Å²) < 4.78 is 0. The van der Waals surface area contributed by atoms with Crippen molar-refractivity contribution in [2.75, 3.05) is 6.54 Å². The van der Waals surface area contributed by atoms with Crippen LogP contribution in [-0.2, 0) is 11.3 Å². The maximum Gasteiger partial charge on any atom is 0.234 e. The molecule has 0 spiro atoms. The fourth-order valence-corrected chi connectivity index (χ4v) is 2.51. The smallest absolute Gasteiger partial charge is 0.234 e. The van der Waals surface area contributed by atoms with Crippen LogP contribution in [0.25, 0.3) is 0 Å². The van der Waals surface area contributed by atoms with Gasteiger partial charge in [-0.05, 0) is 26.2 Å². The highest BCUT2D eigenvalue weighted by Gasteiger charge is 2.30. The van der Waals surface area contributed by atoms with Crippen LogP contribution in [0.2, 0.25) is 0 Å². The van der Waals surface area contributed by atoms with Gasteiger partial charge in [0, 0.05) is 23.7 Å². The van der Waals surface area contributed by atoms with Crippen molar-refractivity contribution in [3.8, 4) is 0 Å². The zero-order chi connectivity index (χ0) is 13.0. The maximum absolute atomic E-state index is 11.9. The highest BCUT2D eigenvalue weighted by Crippen LogP contribution is 2.28. The van der Waals surface area contributed by atoms with Crippen molar-refractivity contribution in [1.82, 2.24) is 15.2 Å². The summed E-state index contributed by atoms with van der Waals surface area (Å²) in [7, 11) is 0. The molecule has 1 N–H and O–H groups in total. The Labute approximate surface area is 112 Å². The molecule has 1 amide bonds. The molecule has 4 nitrogen and oxygen atoms in total. The number of aromatic nitrogens is 1. The second kappa shape index (κ2) is 6.29. The molecule has 0 saturated heterocycles. The number of hydrogen-bond acceptors (Lipinski definition) is 4. The molecule has 0 unspecified atom stereocenters. The third-order valence-electron chi connectivity index (χ3n) is 3.25. The van der Waals surface area contributed by atoms with Crippen LogP contribution in [0.4, 0.5) is 0 Å². The van der Waals surface area contributed by atoms with Crippen LogP contribution in [-0.4, -0.2) is 34.4 Å². The van der Waals surface area contributed by atoms with E-state index in [9.17, 15) is 4.79 Å². The van der Waals surface area contributed by atoms with Crippen LogP contribution in [0, 0.1) is 0 Å². The molecule has 1 fully saturated rings. The summed E-state index contributed by atoms with van der Waals surface area (Å²) in [4.78, 5) is 18.5. The lowest BCUT2D eigenvalue weighted by atomic mass is 10.2. The van der Waals surface area contributed by atoms with Crippen molar-refractivity contribution in [2.45, 2.75) is 51.7 Å². The van der Waals surface area contributed by atoms with E-state index < -0.39 is 0 Å². The molecule has 5 heteroatoms. The van der Waals surface area contributed by atoms with E-state index in [1.54, 1.807) is 11.3 Å². The lowest BCUT2D eigenvalue weighted by Gasteiger charge is -2.21. The van der Waals surface area contributed by atoms with Crippen molar-refractivity contribution in [1.29, 1.82) is 0 Å². The van der Waals surface area contributed by atoms with E-state index in [-0.39, 0.29) is 11.9 Å². The van der Waals surface area contributed by atoms with Crippen LogP contribution < -0.4 is 5.32 Å². The van der Waals surface area contributed by atoms with E-state index >= 15 is 0 Å². The summed E-state index contributed by atoms with van der Waals surface area (Å²) in [6.07, 6.45) is 5.22. The van der Waals surface area contributed by atoms with Gasteiger partial charge in [-0.2, -0.15) is 0 Å². The molecule has 0 aromatic carbocycles. The van der Waals surface area contributed by atoms with E-state index in [0.717, 1.165) is 18.0 Å². The Hall–Kier alpha value is -0.940. The standard InChI is InChI=1S/C13H21N3OS/c1-3-10(2)15-12(17)8-16(11-4-5-11)9-13-14-6-7-18-13/h6-7,10-11H,3-5,8-9H2,1-2H3,(H,15,17)/t10-/m1/s1. The average molecular weight is 267 g/mol. The quantitative estimate of drug-likeness (QED) is 0.822. The van der Waals surface area contributed by atoms with Crippen LogP contribution in [0.3, 0.4) is 0 Å². The first-order valence-corrected chi connectivity index (χ1v) is 7.48. The predicted molar refractivity (Wildman–Crippen MR) is 73.4 cm³/mol. The molecule has 18 heavy (non-hydrogen) atoms. The molecule has 1 saturated carbocycles. The highest BCUT2D eigenvalue weighted by atomic mass is 32.1. The third-order valence-corrected chi connectivity index (χ3v) is 4.02. The third kappa shape index (κ3) is 4.07. The Balaban J connectivity index is 1.84. The largest absolute Gasteiger partial charge is 0.353 e. The van der Waals surface area contributed by atoms with E-state index in [0.29, 0.717) is 12.6 Å². The van der Waals surface area contributed by atoms with Gasteiger partial charge in [-0.1, -0.05) is 6.92 Å². The molecule has 0 radical (unpaired) electrons. The summed E-state index contributed by atoms with van der Waals surface area (Å²) >= 11 is 1.66. The van der Waals surface area contributed by atoms with Crippen molar-refractivity contribution in [3.63, 3.8) is 0 Å². The van der Waals surface area contributed by atoms with Gasteiger partial charge < -0.3 is 5.32 Å². The maximum atomic E-state index is 11.9. The highest BCUT2D eigenvalue weighted by molar-refractivity contribution is 7.09. The minimum Gasteiger partial charge on any atom is -0.353 e. The first-order chi connectivity index (χ1) is 8.69. The second-order valence-electron chi connectivity index (χ2n) is 4.94. The summed E-state index contributed by atoms with van der Waals surface area (Å²) in [5, 5.41) is 6.11. The lowest BCUT2D eigenvalue weighted by Crippen LogP contribution is -2.41.